The molecule has 6 aromatic rings. The van der Waals surface area contributed by atoms with E-state index in [1.165, 1.54) is 32.7 Å². The van der Waals surface area contributed by atoms with Crippen LogP contribution in [0.4, 0.5) is 0 Å². The molecule has 186 valence electrons. The number of aromatic nitrogens is 3. The van der Waals surface area contributed by atoms with E-state index in [2.05, 4.69) is 134 Å². The van der Waals surface area contributed by atoms with Gasteiger partial charge in [0.15, 0.2) is 5.82 Å². The number of para-hydroxylation sites is 1. The number of allylic oxidation sites excluding steroid dienone is 6. The van der Waals surface area contributed by atoms with Gasteiger partial charge in [-0.15, -0.1) is 0 Å². The number of hydrogen-bond donors (Lipinski definition) is 0. The molecule has 8 rings (SSSR count). The Morgan fingerprint density at radius 1 is 0.692 bits per heavy atom. The van der Waals surface area contributed by atoms with Crippen LogP contribution in [0.2, 0.25) is 0 Å². The zero-order chi connectivity index (χ0) is 26.1. The van der Waals surface area contributed by atoms with Crippen molar-refractivity contribution in [2.75, 3.05) is 0 Å². The summed E-state index contributed by atoms with van der Waals surface area (Å²) in [4.78, 5) is 11.0. The van der Waals surface area contributed by atoms with Crippen molar-refractivity contribution in [3.63, 3.8) is 0 Å². The number of nitrogens with zero attached hydrogens (tertiary/aromatic N) is 3. The normalized spacial score (nSPS) is 15.7. The highest BCUT2D eigenvalue weighted by Gasteiger charge is 2.40. The first-order valence-electron chi connectivity index (χ1n) is 13.6. The topological polar surface area (TPSA) is 30.7 Å². The summed E-state index contributed by atoms with van der Waals surface area (Å²) in [6.07, 6.45) is 9.61. The fraction of sp³-hybridized carbons (Fsp3) is 0.111. The first kappa shape index (κ1) is 22.2. The average molecular weight is 502 g/mol. The lowest BCUT2D eigenvalue weighted by Gasteiger charge is -2.23. The van der Waals surface area contributed by atoms with Crippen molar-refractivity contribution in [2.45, 2.75) is 25.7 Å². The minimum atomic E-state index is -0.223. The molecule has 2 aliphatic carbocycles. The zero-order valence-corrected chi connectivity index (χ0v) is 22.0. The van der Waals surface area contributed by atoms with Gasteiger partial charge in [0, 0.05) is 21.8 Å². The first-order chi connectivity index (χ1) is 19.1. The summed E-state index contributed by atoms with van der Waals surface area (Å²) in [5.74, 6) is 0.878. The van der Waals surface area contributed by atoms with Crippen LogP contribution in [0.3, 0.4) is 0 Å². The van der Waals surface area contributed by atoms with E-state index in [4.69, 9.17) is 9.97 Å². The average Bonchev–Trinajstić information content (AvgIpc) is 3.22. The van der Waals surface area contributed by atoms with E-state index >= 15 is 0 Å². The third-order valence-electron chi connectivity index (χ3n) is 8.38. The monoisotopic (exact) mass is 501 g/mol. The summed E-state index contributed by atoms with van der Waals surface area (Å²) in [5.41, 5.74) is 8.72. The predicted octanol–water partition coefficient (Wildman–Crippen LogP) is 8.95. The highest BCUT2D eigenvalue weighted by atomic mass is 15.1. The molecule has 4 aromatic carbocycles. The molecular weight excluding hydrogens is 474 g/mol. The fourth-order valence-electron chi connectivity index (χ4n) is 6.47. The van der Waals surface area contributed by atoms with Gasteiger partial charge in [-0.1, -0.05) is 111 Å². The highest BCUT2D eigenvalue weighted by Crippen LogP contribution is 2.49. The van der Waals surface area contributed by atoms with E-state index in [1.807, 2.05) is 0 Å². The fourth-order valence-corrected chi connectivity index (χ4v) is 6.47. The summed E-state index contributed by atoms with van der Waals surface area (Å²) >= 11 is 0. The molecule has 3 nitrogen and oxygen atoms in total. The van der Waals surface area contributed by atoms with Crippen LogP contribution in [0.1, 0.15) is 31.7 Å². The Hall–Kier alpha value is -4.76. The van der Waals surface area contributed by atoms with E-state index in [0.717, 1.165) is 45.9 Å². The molecule has 0 aliphatic heterocycles. The second-order valence-corrected chi connectivity index (χ2v) is 11.0. The lowest BCUT2D eigenvalue weighted by molar-refractivity contribution is 0.627. The molecule has 39 heavy (non-hydrogen) atoms. The molecule has 2 aliphatic rings. The third-order valence-corrected chi connectivity index (χ3v) is 8.38. The van der Waals surface area contributed by atoms with Gasteiger partial charge in [-0.2, -0.15) is 0 Å². The summed E-state index contributed by atoms with van der Waals surface area (Å²) < 4.78 is 2.33. The molecule has 0 saturated heterocycles. The van der Waals surface area contributed by atoms with Crippen molar-refractivity contribution >= 4 is 38.2 Å². The van der Waals surface area contributed by atoms with Crippen LogP contribution in [-0.2, 0) is 5.41 Å². The van der Waals surface area contributed by atoms with E-state index in [1.54, 1.807) is 0 Å². The maximum Gasteiger partial charge on any atom is 0.165 e. The number of rotatable bonds is 2. The number of benzene rings is 4. The van der Waals surface area contributed by atoms with Gasteiger partial charge in [0.2, 0.25) is 0 Å². The minimum Gasteiger partial charge on any atom is -0.292 e. The van der Waals surface area contributed by atoms with E-state index in [9.17, 15) is 0 Å². The van der Waals surface area contributed by atoms with Crippen molar-refractivity contribution in [3.8, 4) is 17.1 Å². The second kappa shape index (κ2) is 8.12. The van der Waals surface area contributed by atoms with Crippen LogP contribution < -0.4 is 0 Å². The van der Waals surface area contributed by atoms with Gasteiger partial charge in [0.05, 0.1) is 22.4 Å². The van der Waals surface area contributed by atoms with Crippen molar-refractivity contribution in [1.82, 2.24) is 14.5 Å². The molecule has 0 N–H and O–H groups in total. The minimum absolute atomic E-state index is 0.223. The van der Waals surface area contributed by atoms with Crippen molar-refractivity contribution in [1.29, 1.82) is 0 Å². The van der Waals surface area contributed by atoms with E-state index in [-0.39, 0.29) is 5.41 Å². The molecule has 0 bridgehead atoms. The van der Waals surface area contributed by atoms with Crippen LogP contribution >= 0.6 is 0 Å². The SMILES string of the molecule is CC1(C)C2=C(CC=CC=C2)c2nc(-n3c4ccccc4c4cc5ccccc5cc43)c(-c3ccccc3)nc21. The zero-order valence-electron chi connectivity index (χ0n) is 22.0. The lowest BCUT2D eigenvalue weighted by Crippen LogP contribution is -2.19. The van der Waals surface area contributed by atoms with Crippen LogP contribution in [0.25, 0.3) is 55.2 Å². The van der Waals surface area contributed by atoms with E-state index in [0.29, 0.717) is 0 Å². The van der Waals surface area contributed by atoms with Gasteiger partial charge in [-0.05, 0) is 46.5 Å². The van der Waals surface area contributed by atoms with Crippen molar-refractivity contribution in [3.05, 3.63) is 132 Å². The number of fused-ring (bicyclic) bond motifs is 6. The van der Waals surface area contributed by atoms with Gasteiger partial charge in [-0.25, -0.2) is 9.97 Å². The molecule has 0 spiro atoms. The van der Waals surface area contributed by atoms with Crippen LogP contribution in [0.15, 0.2) is 121 Å². The molecule has 0 fully saturated rings. The predicted molar refractivity (Wildman–Crippen MR) is 162 cm³/mol. The summed E-state index contributed by atoms with van der Waals surface area (Å²) in [5, 5.41) is 4.91. The van der Waals surface area contributed by atoms with Gasteiger partial charge < -0.3 is 0 Å². The maximum atomic E-state index is 5.55. The van der Waals surface area contributed by atoms with Gasteiger partial charge in [-0.3, -0.25) is 4.57 Å². The Kier molecular flexibility index (Phi) is 4.63. The quantitative estimate of drug-likeness (QED) is 0.237. The Bertz CT molecular complexity index is 2050. The van der Waals surface area contributed by atoms with Crippen LogP contribution in [0, 0.1) is 0 Å². The molecular formula is C36H27N3. The standard InChI is InChI=1S/C36H27N3/c1-36(2)29-19-8-4-7-18-27(29)33-34(36)37-32(23-13-5-3-6-14-23)35(38-33)39-30-20-12-11-17-26(30)28-21-24-15-9-10-16-25(24)22-31(28)39/h3-17,19-22H,18H2,1-2H3. The molecule has 0 radical (unpaired) electrons. The Morgan fingerprint density at radius 3 is 2.28 bits per heavy atom. The van der Waals surface area contributed by atoms with Crippen LogP contribution in [-0.4, -0.2) is 14.5 Å². The first-order valence-corrected chi connectivity index (χ1v) is 13.6. The molecule has 3 heteroatoms. The molecule has 0 atom stereocenters. The highest BCUT2D eigenvalue weighted by molar-refractivity contribution is 6.13. The maximum absolute atomic E-state index is 5.55. The molecule has 2 heterocycles. The lowest BCUT2D eigenvalue weighted by atomic mass is 9.84. The molecule has 0 amide bonds. The molecule has 2 aromatic heterocycles. The van der Waals surface area contributed by atoms with Gasteiger partial charge >= 0.3 is 0 Å². The van der Waals surface area contributed by atoms with Crippen molar-refractivity contribution in [2.24, 2.45) is 0 Å². The number of hydrogen-bond acceptors (Lipinski definition) is 2. The summed E-state index contributed by atoms with van der Waals surface area (Å²) in [6, 6.07) is 32.4. The summed E-state index contributed by atoms with van der Waals surface area (Å²) in [6.45, 7) is 4.55. The Labute approximate surface area is 227 Å². The second-order valence-electron chi connectivity index (χ2n) is 11.0. The largest absolute Gasteiger partial charge is 0.292 e. The van der Waals surface area contributed by atoms with E-state index < -0.39 is 0 Å². The Morgan fingerprint density at radius 2 is 1.44 bits per heavy atom. The van der Waals surface area contributed by atoms with Crippen LogP contribution in [0.5, 0.6) is 0 Å². The van der Waals surface area contributed by atoms with Gasteiger partial charge in [0.25, 0.3) is 0 Å². The van der Waals surface area contributed by atoms with Gasteiger partial charge in [0.1, 0.15) is 5.69 Å². The van der Waals surface area contributed by atoms with Crippen molar-refractivity contribution < 1.29 is 0 Å². The smallest absolute Gasteiger partial charge is 0.165 e. The third kappa shape index (κ3) is 3.17. The molecule has 0 saturated carbocycles. The Balaban J connectivity index is 1.53. The molecule has 0 unspecified atom stereocenters. The summed E-state index contributed by atoms with van der Waals surface area (Å²) in [7, 11) is 0.